The smallest absolute Gasteiger partial charge is 0.344 e. The van der Waals surface area contributed by atoms with Crippen LogP contribution in [0.3, 0.4) is 0 Å². The lowest BCUT2D eigenvalue weighted by Crippen LogP contribution is -2.24. The zero-order chi connectivity index (χ0) is 14.4. The van der Waals surface area contributed by atoms with E-state index in [-0.39, 0.29) is 12.4 Å². The van der Waals surface area contributed by atoms with Crippen LogP contribution in [0, 0.1) is 17.7 Å². The van der Waals surface area contributed by atoms with E-state index in [0.717, 1.165) is 12.8 Å². The highest BCUT2D eigenvalue weighted by atomic mass is 19.1. The Kier molecular flexibility index (Phi) is 5.16. The normalized spacial score (nSPS) is 21.5. The highest BCUT2D eigenvalue weighted by Gasteiger charge is 2.20. The Morgan fingerprint density at radius 2 is 1.95 bits per heavy atom. The number of rotatable bonds is 5. The predicted octanol–water partition coefficient (Wildman–Crippen LogP) is 3.35. The van der Waals surface area contributed by atoms with Crippen molar-refractivity contribution in [3.8, 4) is 5.75 Å². The first-order valence-corrected chi connectivity index (χ1v) is 6.84. The summed E-state index contributed by atoms with van der Waals surface area (Å²) in [5.41, 5.74) is 0. The van der Waals surface area contributed by atoms with Gasteiger partial charge in [0.25, 0.3) is 0 Å². The van der Waals surface area contributed by atoms with Crippen molar-refractivity contribution in [3.63, 3.8) is 0 Å². The zero-order valence-corrected chi connectivity index (χ0v) is 11.5. The highest BCUT2D eigenvalue weighted by Crippen LogP contribution is 2.25. The Morgan fingerprint density at radius 3 is 2.65 bits per heavy atom. The van der Waals surface area contributed by atoms with Crippen molar-refractivity contribution < 1.29 is 18.7 Å². The summed E-state index contributed by atoms with van der Waals surface area (Å²) in [6.45, 7) is 2.44. The van der Waals surface area contributed by atoms with E-state index in [4.69, 9.17) is 9.47 Å². The monoisotopic (exact) mass is 278 g/mol. The van der Waals surface area contributed by atoms with Gasteiger partial charge in [0.15, 0.2) is 6.61 Å². The number of halogens is 1. The maximum atomic E-state index is 12.7. The molecule has 2 atom stereocenters. The number of benzene rings is 1. The minimum atomic E-state index is -0.393. The Morgan fingerprint density at radius 1 is 1.25 bits per heavy atom. The van der Waals surface area contributed by atoms with E-state index < -0.39 is 5.97 Å². The number of carbonyl (C=O) groups is 1. The van der Waals surface area contributed by atoms with Crippen LogP contribution in [0.4, 0.5) is 4.39 Å². The van der Waals surface area contributed by atoms with E-state index in [1.54, 1.807) is 0 Å². The van der Waals surface area contributed by atoms with Crippen molar-refractivity contribution in [1.29, 1.82) is 0 Å². The van der Waals surface area contributed by atoms with Gasteiger partial charge in [-0.3, -0.25) is 0 Å². The molecular weight excluding hydrogens is 259 g/mol. The van der Waals surface area contributed by atoms with Gasteiger partial charge in [0.05, 0.1) is 6.61 Å². The van der Waals surface area contributed by atoms with Crippen molar-refractivity contribution in [2.75, 3.05) is 13.2 Å². The SMILES string of the molecule is CC1CC=CCC1COC(=O)COc1ccc(F)cc1. The topological polar surface area (TPSA) is 35.5 Å². The molecule has 0 amide bonds. The highest BCUT2D eigenvalue weighted by molar-refractivity contribution is 5.71. The van der Waals surface area contributed by atoms with Crippen LogP contribution in [-0.4, -0.2) is 19.2 Å². The number of ether oxygens (including phenoxy) is 2. The summed E-state index contributed by atoms with van der Waals surface area (Å²) in [5.74, 6) is 0.647. The molecule has 1 aromatic rings. The molecule has 108 valence electrons. The quantitative estimate of drug-likeness (QED) is 0.612. The van der Waals surface area contributed by atoms with Crippen molar-refractivity contribution in [3.05, 3.63) is 42.2 Å². The average molecular weight is 278 g/mol. The van der Waals surface area contributed by atoms with Gasteiger partial charge in [-0.25, -0.2) is 9.18 Å². The lowest BCUT2D eigenvalue weighted by molar-refractivity contribution is -0.147. The molecule has 2 unspecified atom stereocenters. The zero-order valence-electron chi connectivity index (χ0n) is 11.5. The van der Waals surface area contributed by atoms with Crippen LogP contribution in [0.5, 0.6) is 5.75 Å². The van der Waals surface area contributed by atoms with Gasteiger partial charge in [0, 0.05) is 0 Å². The fourth-order valence-corrected chi connectivity index (χ4v) is 2.15. The Labute approximate surface area is 118 Å². The number of hydrogen-bond donors (Lipinski definition) is 0. The van der Waals surface area contributed by atoms with Gasteiger partial charge in [-0.05, 0) is 48.9 Å². The fraction of sp³-hybridized carbons (Fsp3) is 0.438. The second kappa shape index (κ2) is 7.08. The molecule has 0 bridgehead atoms. The third-order valence-electron chi connectivity index (χ3n) is 3.55. The summed E-state index contributed by atoms with van der Waals surface area (Å²) in [6, 6.07) is 5.54. The molecule has 2 rings (SSSR count). The van der Waals surface area contributed by atoms with Crippen LogP contribution in [-0.2, 0) is 9.53 Å². The number of esters is 1. The standard InChI is InChI=1S/C16H19FO3/c1-12-4-2-3-5-13(12)10-20-16(18)11-19-15-8-6-14(17)7-9-15/h2-3,6-9,12-13H,4-5,10-11H2,1H3. The average Bonchev–Trinajstić information content (AvgIpc) is 2.46. The minimum Gasteiger partial charge on any atom is -0.482 e. The van der Waals surface area contributed by atoms with Gasteiger partial charge in [-0.15, -0.1) is 0 Å². The molecule has 20 heavy (non-hydrogen) atoms. The first-order chi connectivity index (χ1) is 9.65. The number of hydrogen-bond acceptors (Lipinski definition) is 3. The molecule has 1 aliphatic carbocycles. The summed E-state index contributed by atoms with van der Waals surface area (Å²) >= 11 is 0. The van der Waals surface area contributed by atoms with E-state index in [2.05, 4.69) is 19.1 Å². The van der Waals surface area contributed by atoms with Gasteiger partial charge >= 0.3 is 5.97 Å². The van der Waals surface area contributed by atoms with Gasteiger partial charge in [-0.2, -0.15) is 0 Å². The molecule has 0 saturated heterocycles. The molecule has 0 saturated carbocycles. The fourth-order valence-electron chi connectivity index (χ4n) is 2.15. The molecule has 0 N–H and O–H groups in total. The molecule has 1 aliphatic rings. The van der Waals surface area contributed by atoms with Crippen molar-refractivity contribution in [1.82, 2.24) is 0 Å². The summed E-state index contributed by atoms with van der Waals surface area (Å²) in [6.07, 6.45) is 6.29. The first kappa shape index (κ1) is 14.6. The van der Waals surface area contributed by atoms with Crippen molar-refractivity contribution >= 4 is 5.97 Å². The second-order valence-electron chi connectivity index (χ2n) is 5.11. The lowest BCUT2D eigenvalue weighted by atomic mass is 9.85. The molecule has 1 aromatic carbocycles. The molecule has 4 heteroatoms. The van der Waals surface area contributed by atoms with E-state index in [9.17, 15) is 9.18 Å². The third kappa shape index (κ3) is 4.37. The van der Waals surface area contributed by atoms with Gasteiger partial charge in [-0.1, -0.05) is 19.1 Å². The summed E-state index contributed by atoms with van der Waals surface area (Å²) < 4.78 is 23.2. The van der Waals surface area contributed by atoms with Gasteiger partial charge < -0.3 is 9.47 Å². The predicted molar refractivity (Wildman–Crippen MR) is 73.9 cm³/mol. The summed E-state index contributed by atoms with van der Waals surface area (Å²) in [5, 5.41) is 0. The van der Waals surface area contributed by atoms with Crippen LogP contribution < -0.4 is 4.74 Å². The van der Waals surface area contributed by atoms with E-state index in [1.165, 1.54) is 24.3 Å². The molecule has 0 aromatic heterocycles. The molecule has 3 nitrogen and oxygen atoms in total. The number of allylic oxidation sites excluding steroid dienone is 2. The third-order valence-corrected chi connectivity index (χ3v) is 3.55. The van der Waals surface area contributed by atoms with E-state index >= 15 is 0 Å². The largest absolute Gasteiger partial charge is 0.482 e. The molecule has 0 heterocycles. The van der Waals surface area contributed by atoms with E-state index in [1.807, 2.05) is 0 Å². The van der Waals surface area contributed by atoms with Crippen molar-refractivity contribution in [2.24, 2.45) is 11.8 Å². The molecule has 0 spiro atoms. The Balaban J connectivity index is 1.70. The summed E-state index contributed by atoms with van der Waals surface area (Å²) in [7, 11) is 0. The van der Waals surface area contributed by atoms with Crippen LogP contribution in [0.25, 0.3) is 0 Å². The lowest BCUT2D eigenvalue weighted by Gasteiger charge is -2.24. The maximum absolute atomic E-state index is 12.7. The molecule has 0 aliphatic heterocycles. The second-order valence-corrected chi connectivity index (χ2v) is 5.11. The maximum Gasteiger partial charge on any atom is 0.344 e. The van der Waals surface area contributed by atoms with Gasteiger partial charge in [0.2, 0.25) is 0 Å². The van der Waals surface area contributed by atoms with Crippen molar-refractivity contribution in [2.45, 2.75) is 19.8 Å². The van der Waals surface area contributed by atoms with Gasteiger partial charge in [0.1, 0.15) is 11.6 Å². The molecular formula is C16H19FO3. The molecule has 0 fully saturated rings. The van der Waals surface area contributed by atoms with Crippen LogP contribution >= 0.6 is 0 Å². The number of carbonyl (C=O) groups excluding carboxylic acids is 1. The summed E-state index contributed by atoms with van der Waals surface area (Å²) in [4.78, 5) is 11.6. The van der Waals surface area contributed by atoms with Crippen LogP contribution in [0.1, 0.15) is 19.8 Å². The minimum absolute atomic E-state index is 0.150. The van der Waals surface area contributed by atoms with E-state index in [0.29, 0.717) is 24.2 Å². The first-order valence-electron chi connectivity index (χ1n) is 6.84. The Hall–Kier alpha value is -1.84. The Bertz CT molecular complexity index is 467. The van der Waals surface area contributed by atoms with Crippen LogP contribution in [0.15, 0.2) is 36.4 Å². The molecule has 0 radical (unpaired) electrons. The van der Waals surface area contributed by atoms with Crippen LogP contribution in [0.2, 0.25) is 0 Å².